The van der Waals surface area contributed by atoms with Crippen LogP contribution in [0.1, 0.15) is 50.5 Å². The average molecular weight is 353 g/mol. The zero-order valence-electron chi connectivity index (χ0n) is 15.7. The predicted octanol–water partition coefficient (Wildman–Crippen LogP) is 3.95. The average Bonchev–Trinajstić information content (AvgIpc) is 3.34. The number of hydrogen-bond donors (Lipinski definition) is 1. The summed E-state index contributed by atoms with van der Waals surface area (Å²) in [6.45, 7) is 7.00. The molecule has 0 saturated heterocycles. The highest BCUT2D eigenvalue weighted by atomic mass is 16.5. The number of nitrogens with zero attached hydrogens (tertiary/aromatic N) is 2. The van der Waals surface area contributed by atoms with Crippen molar-refractivity contribution in [1.29, 1.82) is 0 Å². The van der Waals surface area contributed by atoms with E-state index >= 15 is 0 Å². The highest BCUT2D eigenvalue weighted by Gasteiger charge is 2.53. The van der Waals surface area contributed by atoms with E-state index in [1.165, 1.54) is 5.56 Å². The molecule has 2 saturated carbocycles. The molecule has 2 aliphatic rings. The van der Waals surface area contributed by atoms with E-state index < -0.39 is 0 Å². The highest BCUT2D eigenvalue weighted by molar-refractivity contribution is 5.80. The summed E-state index contributed by atoms with van der Waals surface area (Å²) in [7, 11) is 0. The molecule has 2 aromatic rings. The van der Waals surface area contributed by atoms with Crippen LogP contribution in [0, 0.1) is 30.6 Å². The minimum Gasteiger partial charge on any atom is -0.356 e. The van der Waals surface area contributed by atoms with E-state index in [2.05, 4.69) is 43.4 Å². The van der Waals surface area contributed by atoms with Crippen molar-refractivity contribution in [1.82, 2.24) is 15.5 Å². The van der Waals surface area contributed by atoms with Crippen molar-refractivity contribution in [3.05, 3.63) is 35.7 Å². The number of hydrogen-bond acceptors (Lipinski definition) is 4. The van der Waals surface area contributed by atoms with Crippen LogP contribution < -0.4 is 5.32 Å². The van der Waals surface area contributed by atoms with Gasteiger partial charge in [-0.2, -0.15) is 4.98 Å². The van der Waals surface area contributed by atoms with Gasteiger partial charge < -0.3 is 9.84 Å². The molecule has 4 atom stereocenters. The SMILES string of the molecule is Cc1cccc(-c2noc([C@H]3[C@@H]4CC[C@@H](C4)[C@@H]3C(=O)NCC(C)C)n2)c1. The van der Waals surface area contributed by atoms with Crippen molar-refractivity contribution >= 4 is 5.91 Å². The number of benzene rings is 1. The van der Waals surface area contributed by atoms with Crippen LogP contribution in [0.3, 0.4) is 0 Å². The van der Waals surface area contributed by atoms with E-state index in [9.17, 15) is 4.79 Å². The van der Waals surface area contributed by atoms with Gasteiger partial charge in [-0.25, -0.2) is 0 Å². The molecule has 1 heterocycles. The van der Waals surface area contributed by atoms with Crippen LogP contribution in [0.5, 0.6) is 0 Å². The normalized spacial score (nSPS) is 27.2. The smallest absolute Gasteiger partial charge is 0.231 e. The van der Waals surface area contributed by atoms with E-state index in [0.717, 1.165) is 31.4 Å². The maximum atomic E-state index is 12.8. The summed E-state index contributed by atoms with van der Waals surface area (Å²) in [4.78, 5) is 17.5. The first-order chi connectivity index (χ1) is 12.5. The Morgan fingerprint density at radius 2 is 2.12 bits per heavy atom. The first kappa shape index (κ1) is 17.3. The van der Waals surface area contributed by atoms with Gasteiger partial charge in [0.1, 0.15) is 0 Å². The van der Waals surface area contributed by atoms with E-state index in [1.807, 2.05) is 12.1 Å². The Bertz CT molecular complexity index is 798. The summed E-state index contributed by atoms with van der Waals surface area (Å²) in [6, 6.07) is 8.10. The van der Waals surface area contributed by atoms with Gasteiger partial charge in [0.15, 0.2) is 0 Å². The van der Waals surface area contributed by atoms with Gasteiger partial charge in [-0.15, -0.1) is 0 Å². The second kappa shape index (κ2) is 6.86. The number of carbonyl (C=O) groups excluding carboxylic acids is 1. The summed E-state index contributed by atoms with van der Waals surface area (Å²) in [6.07, 6.45) is 3.40. The van der Waals surface area contributed by atoms with Gasteiger partial charge in [-0.05, 0) is 50.0 Å². The summed E-state index contributed by atoms with van der Waals surface area (Å²) in [5.74, 6) is 2.84. The molecular formula is C21H27N3O2. The van der Waals surface area contributed by atoms with Gasteiger partial charge in [-0.3, -0.25) is 4.79 Å². The summed E-state index contributed by atoms with van der Waals surface area (Å²) in [5, 5.41) is 7.33. The lowest BCUT2D eigenvalue weighted by Crippen LogP contribution is -2.39. The summed E-state index contributed by atoms with van der Waals surface area (Å²) in [5.41, 5.74) is 2.13. The van der Waals surface area contributed by atoms with E-state index in [1.54, 1.807) is 0 Å². The first-order valence-electron chi connectivity index (χ1n) is 9.71. The topological polar surface area (TPSA) is 68.0 Å². The fraction of sp³-hybridized carbons (Fsp3) is 0.571. The lowest BCUT2D eigenvalue weighted by atomic mass is 9.78. The van der Waals surface area contributed by atoms with Gasteiger partial charge >= 0.3 is 0 Å². The third-order valence-electron chi connectivity index (χ3n) is 5.91. The number of amides is 1. The highest BCUT2D eigenvalue weighted by Crippen LogP contribution is 2.56. The van der Waals surface area contributed by atoms with E-state index in [4.69, 9.17) is 9.51 Å². The minimum absolute atomic E-state index is 0.0293. The lowest BCUT2D eigenvalue weighted by Gasteiger charge is -2.27. The molecule has 0 unspecified atom stereocenters. The Morgan fingerprint density at radius 1 is 1.31 bits per heavy atom. The molecule has 138 valence electrons. The van der Waals surface area contributed by atoms with Crippen molar-refractivity contribution in [3.8, 4) is 11.4 Å². The van der Waals surface area contributed by atoms with Crippen molar-refractivity contribution in [2.45, 2.75) is 46.0 Å². The molecule has 1 amide bonds. The molecule has 2 fully saturated rings. The van der Waals surface area contributed by atoms with Crippen LogP contribution in [-0.4, -0.2) is 22.6 Å². The second-order valence-electron chi connectivity index (χ2n) is 8.35. The summed E-state index contributed by atoms with van der Waals surface area (Å²) >= 11 is 0. The number of nitrogens with one attached hydrogen (secondary N) is 1. The predicted molar refractivity (Wildman–Crippen MR) is 99.4 cm³/mol. The molecular weight excluding hydrogens is 326 g/mol. The quantitative estimate of drug-likeness (QED) is 0.884. The maximum absolute atomic E-state index is 12.8. The molecule has 5 heteroatoms. The zero-order valence-corrected chi connectivity index (χ0v) is 15.7. The van der Waals surface area contributed by atoms with Crippen LogP contribution >= 0.6 is 0 Å². The van der Waals surface area contributed by atoms with Crippen LogP contribution in [-0.2, 0) is 4.79 Å². The Balaban J connectivity index is 1.58. The number of aryl methyl sites for hydroxylation is 1. The largest absolute Gasteiger partial charge is 0.356 e. The van der Waals surface area contributed by atoms with Crippen LogP contribution in [0.4, 0.5) is 0 Å². The Kier molecular flexibility index (Phi) is 4.55. The monoisotopic (exact) mass is 353 g/mol. The molecule has 2 aliphatic carbocycles. The Hall–Kier alpha value is -2.17. The molecule has 0 aliphatic heterocycles. The van der Waals surface area contributed by atoms with Gasteiger partial charge in [0, 0.05) is 12.1 Å². The fourth-order valence-electron chi connectivity index (χ4n) is 4.72. The molecule has 1 aromatic heterocycles. The van der Waals surface area contributed by atoms with Crippen molar-refractivity contribution in [2.75, 3.05) is 6.54 Å². The third kappa shape index (κ3) is 3.15. The number of aromatic nitrogens is 2. The van der Waals surface area contributed by atoms with Gasteiger partial charge in [-0.1, -0.05) is 42.8 Å². The zero-order chi connectivity index (χ0) is 18.3. The number of fused-ring (bicyclic) bond motifs is 2. The number of rotatable bonds is 5. The van der Waals surface area contributed by atoms with Gasteiger partial charge in [0.05, 0.1) is 11.8 Å². The van der Waals surface area contributed by atoms with Crippen molar-refractivity contribution in [3.63, 3.8) is 0 Å². The van der Waals surface area contributed by atoms with Crippen LogP contribution in [0.25, 0.3) is 11.4 Å². The summed E-state index contributed by atoms with van der Waals surface area (Å²) < 4.78 is 5.66. The molecule has 1 aromatic carbocycles. The van der Waals surface area contributed by atoms with Crippen LogP contribution in [0.2, 0.25) is 0 Å². The van der Waals surface area contributed by atoms with E-state index in [0.29, 0.717) is 29.5 Å². The van der Waals surface area contributed by atoms with Gasteiger partial charge in [0.25, 0.3) is 0 Å². The Morgan fingerprint density at radius 3 is 2.88 bits per heavy atom. The van der Waals surface area contributed by atoms with Crippen LogP contribution in [0.15, 0.2) is 28.8 Å². The fourth-order valence-corrected chi connectivity index (χ4v) is 4.72. The number of carbonyl (C=O) groups is 1. The van der Waals surface area contributed by atoms with Gasteiger partial charge in [0.2, 0.25) is 17.6 Å². The molecule has 4 rings (SSSR count). The second-order valence-corrected chi connectivity index (χ2v) is 8.35. The molecule has 1 N–H and O–H groups in total. The Labute approximate surface area is 154 Å². The molecule has 26 heavy (non-hydrogen) atoms. The standard InChI is InChI=1S/C21H27N3O2/c1-12(2)11-22-20(25)17-14-7-8-15(10-14)18(17)21-23-19(24-26-21)16-6-4-5-13(3)9-16/h4-6,9,12,14-15,17-18H,7-8,10-11H2,1-3H3,(H,22,25)/t14-,15+,17-,18-/m0/s1. The third-order valence-corrected chi connectivity index (χ3v) is 5.91. The van der Waals surface area contributed by atoms with E-state index in [-0.39, 0.29) is 17.7 Å². The lowest BCUT2D eigenvalue weighted by molar-refractivity contribution is -0.127. The maximum Gasteiger partial charge on any atom is 0.231 e. The molecule has 5 nitrogen and oxygen atoms in total. The minimum atomic E-state index is -0.0293. The molecule has 0 radical (unpaired) electrons. The van der Waals surface area contributed by atoms with Crippen molar-refractivity contribution in [2.24, 2.45) is 23.7 Å². The molecule has 2 bridgehead atoms. The molecule has 0 spiro atoms. The first-order valence-corrected chi connectivity index (χ1v) is 9.71. The van der Waals surface area contributed by atoms with Crippen molar-refractivity contribution < 1.29 is 9.32 Å².